The van der Waals surface area contributed by atoms with Gasteiger partial charge in [-0.25, -0.2) is 0 Å². The predicted octanol–water partition coefficient (Wildman–Crippen LogP) is 3.26. The number of benzene rings is 2. The van der Waals surface area contributed by atoms with E-state index in [0.29, 0.717) is 5.56 Å². The summed E-state index contributed by atoms with van der Waals surface area (Å²) < 4.78 is 0. The van der Waals surface area contributed by atoms with Crippen molar-refractivity contribution < 1.29 is 0 Å². The fraction of sp³-hybridized carbons (Fsp3) is 0.318. The molecule has 0 bridgehead atoms. The Bertz CT molecular complexity index is 765. The number of nitrogens with zero attached hydrogens (tertiary/aromatic N) is 2. The van der Waals surface area contributed by atoms with E-state index in [1.54, 1.807) is 0 Å². The molecule has 0 unspecified atom stereocenters. The first-order valence-electron chi connectivity index (χ1n) is 8.88. The summed E-state index contributed by atoms with van der Waals surface area (Å²) in [5.74, 6) is 6.56. The lowest BCUT2D eigenvalue weighted by Crippen LogP contribution is -2.28. The maximum atomic E-state index is 8.86. The van der Waals surface area contributed by atoms with E-state index in [4.69, 9.17) is 5.26 Å². The Hall–Kier alpha value is -2.59. The zero-order valence-corrected chi connectivity index (χ0v) is 14.5. The molecule has 0 radical (unpaired) electrons. The van der Waals surface area contributed by atoms with Crippen LogP contribution in [0.25, 0.3) is 11.1 Å². The van der Waals surface area contributed by atoms with Gasteiger partial charge in [0.05, 0.1) is 11.6 Å². The van der Waals surface area contributed by atoms with Crippen LogP contribution in [0, 0.1) is 23.2 Å². The number of hydrogen-bond donors (Lipinski definition) is 1. The van der Waals surface area contributed by atoms with Crippen LogP contribution in [0.4, 0.5) is 0 Å². The van der Waals surface area contributed by atoms with Crippen LogP contribution in [0.1, 0.15) is 24.0 Å². The second-order valence-corrected chi connectivity index (χ2v) is 6.26. The molecular weight excluding hydrogens is 306 g/mol. The normalized spacial score (nSPS) is 14.8. The highest BCUT2D eigenvalue weighted by Gasteiger charge is 2.06. The Morgan fingerprint density at radius 3 is 2.24 bits per heavy atom. The molecular formula is C22H23N3. The van der Waals surface area contributed by atoms with Gasteiger partial charge in [0.25, 0.3) is 0 Å². The van der Waals surface area contributed by atoms with E-state index < -0.39 is 0 Å². The van der Waals surface area contributed by atoms with Crippen LogP contribution in [0.5, 0.6) is 0 Å². The van der Waals surface area contributed by atoms with E-state index in [-0.39, 0.29) is 0 Å². The Morgan fingerprint density at radius 2 is 1.56 bits per heavy atom. The molecule has 1 N–H and O–H groups in total. The number of nitriles is 1. The van der Waals surface area contributed by atoms with Crippen molar-refractivity contribution in [2.24, 2.45) is 0 Å². The third-order valence-electron chi connectivity index (χ3n) is 4.45. The molecule has 2 aromatic rings. The second kappa shape index (κ2) is 9.04. The van der Waals surface area contributed by atoms with Gasteiger partial charge in [-0.1, -0.05) is 36.1 Å². The van der Waals surface area contributed by atoms with Gasteiger partial charge in [0.2, 0.25) is 0 Å². The summed E-state index contributed by atoms with van der Waals surface area (Å²) >= 11 is 0. The lowest BCUT2D eigenvalue weighted by Gasteiger charge is -2.17. The van der Waals surface area contributed by atoms with Crippen LogP contribution in [-0.2, 0) is 0 Å². The van der Waals surface area contributed by atoms with Gasteiger partial charge >= 0.3 is 0 Å². The summed E-state index contributed by atoms with van der Waals surface area (Å²) in [5.41, 5.74) is 4.00. The van der Waals surface area contributed by atoms with Crippen molar-refractivity contribution >= 4 is 0 Å². The summed E-state index contributed by atoms with van der Waals surface area (Å²) in [7, 11) is 0. The zero-order valence-electron chi connectivity index (χ0n) is 14.5. The molecule has 0 atom stereocenters. The Balaban J connectivity index is 1.54. The maximum absolute atomic E-state index is 8.86. The van der Waals surface area contributed by atoms with Gasteiger partial charge in [-0.05, 0) is 54.9 Å². The first-order valence-corrected chi connectivity index (χ1v) is 8.88. The van der Waals surface area contributed by atoms with Crippen LogP contribution >= 0.6 is 0 Å². The molecule has 2 aromatic carbocycles. The predicted molar refractivity (Wildman–Crippen MR) is 102 cm³/mol. The van der Waals surface area contributed by atoms with Crippen molar-refractivity contribution in [1.82, 2.24) is 10.2 Å². The minimum absolute atomic E-state index is 0.687. The topological polar surface area (TPSA) is 39.1 Å². The Morgan fingerprint density at radius 1 is 0.880 bits per heavy atom. The van der Waals surface area contributed by atoms with Gasteiger partial charge in [-0.15, -0.1) is 0 Å². The molecule has 0 aromatic heterocycles. The van der Waals surface area contributed by atoms with Crippen LogP contribution in [0.15, 0.2) is 48.5 Å². The van der Waals surface area contributed by atoms with Crippen molar-refractivity contribution in [2.45, 2.75) is 12.8 Å². The van der Waals surface area contributed by atoms with Crippen LogP contribution < -0.4 is 5.32 Å². The summed E-state index contributed by atoms with van der Waals surface area (Å²) in [6.45, 7) is 5.57. The van der Waals surface area contributed by atoms with Crippen molar-refractivity contribution in [2.75, 3.05) is 32.7 Å². The van der Waals surface area contributed by atoms with Gasteiger partial charge in [0.1, 0.15) is 0 Å². The molecule has 1 heterocycles. The molecule has 1 aliphatic rings. The van der Waals surface area contributed by atoms with Gasteiger partial charge in [0, 0.05) is 31.6 Å². The standard InChI is InChI=1S/C22H23N3/c23-18-20-7-11-22(12-8-20)21-9-5-19(6-10-21)4-1-2-15-25-16-3-13-24-14-17-25/h5-12,24H,2-3,13-17H2. The summed E-state index contributed by atoms with van der Waals surface area (Å²) in [5, 5.41) is 12.3. The Kier molecular flexibility index (Phi) is 6.23. The minimum atomic E-state index is 0.687. The van der Waals surface area contributed by atoms with E-state index >= 15 is 0 Å². The maximum Gasteiger partial charge on any atom is 0.0991 e. The molecule has 0 spiro atoms. The monoisotopic (exact) mass is 329 g/mol. The van der Waals surface area contributed by atoms with Crippen molar-refractivity contribution in [3.05, 3.63) is 59.7 Å². The highest BCUT2D eigenvalue weighted by Crippen LogP contribution is 2.20. The Labute approximate surface area is 150 Å². The van der Waals surface area contributed by atoms with Crippen molar-refractivity contribution in [3.63, 3.8) is 0 Å². The third-order valence-corrected chi connectivity index (χ3v) is 4.45. The molecule has 3 heteroatoms. The summed E-state index contributed by atoms with van der Waals surface area (Å²) in [6, 6.07) is 18.1. The van der Waals surface area contributed by atoms with Gasteiger partial charge < -0.3 is 10.2 Å². The van der Waals surface area contributed by atoms with E-state index in [9.17, 15) is 0 Å². The lowest BCUT2D eigenvalue weighted by atomic mass is 10.0. The zero-order chi connectivity index (χ0) is 17.3. The van der Waals surface area contributed by atoms with Gasteiger partial charge in [0.15, 0.2) is 0 Å². The van der Waals surface area contributed by atoms with Gasteiger partial charge in [-0.2, -0.15) is 5.26 Å². The molecule has 0 amide bonds. The average molecular weight is 329 g/mol. The highest BCUT2D eigenvalue weighted by molar-refractivity contribution is 5.65. The van der Waals surface area contributed by atoms with Crippen molar-refractivity contribution in [1.29, 1.82) is 5.26 Å². The molecule has 1 saturated heterocycles. The fourth-order valence-corrected chi connectivity index (χ4v) is 2.99. The molecule has 0 aliphatic carbocycles. The average Bonchev–Trinajstić information content (AvgIpc) is 2.95. The van der Waals surface area contributed by atoms with Gasteiger partial charge in [-0.3, -0.25) is 0 Å². The molecule has 1 aliphatic heterocycles. The largest absolute Gasteiger partial charge is 0.315 e. The molecule has 3 nitrogen and oxygen atoms in total. The number of rotatable bonds is 3. The van der Waals surface area contributed by atoms with Crippen molar-refractivity contribution in [3.8, 4) is 29.0 Å². The minimum Gasteiger partial charge on any atom is -0.315 e. The highest BCUT2D eigenvalue weighted by atomic mass is 15.1. The number of nitrogens with one attached hydrogen (secondary N) is 1. The molecule has 1 fully saturated rings. The fourth-order valence-electron chi connectivity index (χ4n) is 2.99. The second-order valence-electron chi connectivity index (χ2n) is 6.26. The first-order chi connectivity index (χ1) is 12.3. The molecule has 3 rings (SSSR count). The van der Waals surface area contributed by atoms with Crippen LogP contribution in [0.2, 0.25) is 0 Å². The first kappa shape index (κ1) is 17.2. The smallest absolute Gasteiger partial charge is 0.0991 e. The van der Waals surface area contributed by atoms with E-state index in [0.717, 1.165) is 49.3 Å². The third kappa shape index (κ3) is 5.19. The quantitative estimate of drug-likeness (QED) is 0.879. The van der Waals surface area contributed by atoms with E-state index in [1.165, 1.54) is 13.0 Å². The SMILES string of the molecule is N#Cc1ccc(-c2ccc(C#CCCN3CCCNCC3)cc2)cc1. The van der Waals surface area contributed by atoms with Crippen LogP contribution in [0.3, 0.4) is 0 Å². The summed E-state index contributed by atoms with van der Waals surface area (Å²) in [4.78, 5) is 2.49. The summed E-state index contributed by atoms with van der Waals surface area (Å²) in [6.07, 6.45) is 2.14. The molecule has 0 saturated carbocycles. The van der Waals surface area contributed by atoms with Crippen LogP contribution in [-0.4, -0.2) is 37.6 Å². The molecule has 126 valence electrons. The number of hydrogen-bond acceptors (Lipinski definition) is 3. The lowest BCUT2D eigenvalue weighted by molar-refractivity contribution is 0.300. The molecule has 25 heavy (non-hydrogen) atoms. The van der Waals surface area contributed by atoms with E-state index in [2.05, 4.69) is 52.4 Å². The van der Waals surface area contributed by atoms with E-state index in [1.807, 2.05) is 24.3 Å².